The number of hydrogen-bond acceptors (Lipinski definition) is 4. The van der Waals surface area contributed by atoms with Crippen LogP contribution >= 0.6 is 11.3 Å². The molecule has 17 heavy (non-hydrogen) atoms. The van der Waals surface area contributed by atoms with E-state index in [0.29, 0.717) is 12.2 Å². The van der Waals surface area contributed by atoms with Crippen molar-refractivity contribution >= 4 is 17.1 Å². The number of thiophene rings is 1. The number of likely N-dealkylation sites (N-methyl/N-ethyl adjacent to an activating group) is 2. The Balaban J connectivity index is 2.00. The minimum absolute atomic E-state index is 0.0598. The number of ketones is 1. The standard InChI is InChI=1S/C13H20N2OS/c1-14-6-4-7-15(2)12(10-14)13(16)9-11-5-3-8-17-11/h3,5,8,12H,4,6-7,9-10H2,1-2H3. The zero-order valence-electron chi connectivity index (χ0n) is 10.6. The highest BCUT2D eigenvalue weighted by Gasteiger charge is 2.26. The molecule has 1 atom stereocenters. The zero-order chi connectivity index (χ0) is 12.3. The SMILES string of the molecule is CN1CCCN(C)C(C(=O)Cc2cccs2)C1. The number of hydrogen-bond donors (Lipinski definition) is 0. The summed E-state index contributed by atoms with van der Waals surface area (Å²) >= 11 is 1.67. The van der Waals surface area contributed by atoms with Crippen molar-refractivity contribution in [1.82, 2.24) is 9.80 Å². The lowest BCUT2D eigenvalue weighted by Gasteiger charge is -2.25. The third kappa shape index (κ3) is 3.37. The molecule has 1 unspecified atom stereocenters. The number of Topliss-reactive ketones (excluding diaryl/α,β-unsaturated/α-hetero) is 1. The van der Waals surface area contributed by atoms with E-state index in [1.54, 1.807) is 11.3 Å². The van der Waals surface area contributed by atoms with E-state index in [1.807, 2.05) is 17.5 Å². The van der Waals surface area contributed by atoms with Crippen LogP contribution in [-0.2, 0) is 11.2 Å². The summed E-state index contributed by atoms with van der Waals surface area (Å²) in [5.74, 6) is 0.351. The Bertz CT molecular complexity index is 364. The van der Waals surface area contributed by atoms with Gasteiger partial charge in [-0.25, -0.2) is 0 Å². The summed E-state index contributed by atoms with van der Waals surface area (Å²) in [6.07, 6.45) is 1.73. The van der Waals surface area contributed by atoms with Crippen LogP contribution in [-0.4, -0.2) is 55.4 Å². The summed E-state index contributed by atoms with van der Waals surface area (Å²) < 4.78 is 0. The maximum atomic E-state index is 12.3. The van der Waals surface area contributed by atoms with Crippen LogP contribution in [0.25, 0.3) is 0 Å². The Morgan fingerprint density at radius 1 is 1.47 bits per heavy atom. The van der Waals surface area contributed by atoms with Crippen molar-refractivity contribution < 1.29 is 4.79 Å². The predicted molar refractivity (Wildman–Crippen MR) is 71.6 cm³/mol. The minimum atomic E-state index is 0.0598. The molecule has 1 aliphatic heterocycles. The lowest BCUT2D eigenvalue weighted by molar-refractivity contribution is -0.123. The molecule has 0 bridgehead atoms. The lowest BCUT2D eigenvalue weighted by Crippen LogP contribution is -2.44. The molecule has 0 radical (unpaired) electrons. The summed E-state index contributed by atoms with van der Waals surface area (Å²) in [5.41, 5.74) is 0. The van der Waals surface area contributed by atoms with Gasteiger partial charge >= 0.3 is 0 Å². The molecule has 0 aliphatic carbocycles. The molecule has 0 saturated carbocycles. The molecule has 2 heterocycles. The van der Waals surface area contributed by atoms with Crippen molar-refractivity contribution in [3.05, 3.63) is 22.4 Å². The molecule has 0 amide bonds. The summed E-state index contributed by atoms with van der Waals surface area (Å²) in [6, 6.07) is 4.11. The number of carbonyl (C=O) groups excluding carboxylic acids is 1. The first-order valence-corrected chi connectivity index (χ1v) is 6.98. The van der Waals surface area contributed by atoms with Gasteiger partial charge in [0, 0.05) is 17.8 Å². The van der Waals surface area contributed by atoms with E-state index in [1.165, 1.54) is 4.88 Å². The van der Waals surface area contributed by atoms with E-state index in [9.17, 15) is 4.79 Å². The Morgan fingerprint density at radius 3 is 3.00 bits per heavy atom. The van der Waals surface area contributed by atoms with Crippen LogP contribution in [0.2, 0.25) is 0 Å². The molecule has 2 rings (SSSR count). The third-order valence-electron chi connectivity index (χ3n) is 3.37. The first-order chi connectivity index (χ1) is 8.16. The van der Waals surface area contributed by atoms with E-state index in [0.717, 1.165) is 26.1 Å². The van der Waals surface area contributed by atoms with E-state index in [2.05, 4.69) is 23.9 Å². The van der Waals surface area contributed by atoms with E-state index < -0.39 is 0 Å². The second-order valence-electron chi connectivity index (χ2n) is 4.83. The largest absolute Gasteiger partial charge is 0.304 e. The highest BCUT2D eigenvalue weighted by Crippen LogP contribution is 2.14. The Kier molecular flexibility index (Phi) is 4.31. The summed E-state index contributed by atoms with van der Waals surface area (Å²) in [6.45, 7) is 2.97. The first-order valence-electron chi connectivity index (χ1n) is 6.10. The fourth-order valence-electron chi connectivity index (χ4n) is 2.32. The number of nitrogens with zero attached hydrogens (tertiary/aromatic N) is 2. The van der Waals surface area contributed by atoms with Crippen LogP contribution in [0.1, 0.15) is 11.3 Å². The van der Waals surface area contributed by atoms with E-state index >= 15 is 0 Å². The average molecular weight is 252 g/mol. The fraction of sp³-hybridized carbons (Fsp3) is 0.615. The second kappa shape index (κ2) is 5.76. The molecule has 0 N–H and O–H groups in total. The Morgan fingerprint density at radius 2 is 2.29 bits per heavy atom. The van der Waals surface area contributed by atoms with Gasteiger partial charge in [-0.3, -0.25) is 9.69 Å². The van der Waals surface area contributed by atoms with Gasteiger partial charge in [-0.05, 0) is 45.1 Å². The molecule has 1 aromatic rings. The number of carbonyl (C=O) groups is 1. The van der Waals surface area contributed by atoms with Crippen molar-refractivity contribution in [2.45, 2.75) is 18.9 Å². The van der Waals surface area contributed by atoms with Gasteiger partial charge in [-0.15, -0.1) is 11.3 Å². The van der Waals surface area contributed by atoms with Crippen LogP contribution in [0.15, 0.2) is 17.5 Å². The highest BCUT2D eigenvalue weighted by atomic mass is 32.1. The van der Waals surface area contributed by atoms with Gasteiger partial charge in [0.15, 0.2) is 5.78 Å². The molecule has 0 aromatic carbocycles. The second-order valence-corrected chi connectivity index (χ2v) is 5.87. The van der Waals surface area contributed by atoms with Gasteiger partial charge < -0.3 is 4.90 Å². The van der Waals surface area contributed by atoms with Crippen LogP contribution in [0.3, 0.4) is 0 Å². The normalized spacial score (nSPS) is 23.5. The molecule has 3 nitrogen and oxygen atoms in total. The third-order valence-corrected chi connectivity index (χ3v) is 4.24. The van der Waals surface area contributed by atoms with Crippen LogP contribution in [0.5, 0.6) is 0 Å². The molecule has 94 valence electrons. The fourth-order valence-corrected chi connectivity index (χ4v) is 3.04. The first kappa shape index (κ1) is 12.7. The molecule has 1 saturated heterocycles. The van der Waals surface area contributed by atoms with E-state index in [4.69, 9.17) is 0 Å². The maximum Gasteiger partial charge on any atom is 0.156 e. The quantitative estimate of drug-likeness (QED) is 0.814. The summed E-state index contributed by atoms with van der Waals surface area (Å²) in [7, 11) is 4.17. The average Bonchev–Trinajstić information content (AvgIpc) is 2.72. The number of rotatable bonds is 3. The monoisotopic (exact) mass is 252 g/mol. The molecular formula is C13H20N2OS. The Labute approximate surface area is 107 Å². The van der Waals surface area contributed by atoms with Crippen molar-refractivity contribution in [2.75, 3.05) is 33.7 Å². The van der Waals surface area contributed by atoms with Crippen molar-refractivity contribution in [3.63, 3.8) is 0 Å². The molecule has 1 aromatic heterocycles. The van der Waals surface area contributed by atoms with E-state index in [-0.39, 0.29) is 6.04 Å². The van der Waals surface area contributed by atoms with Gasteiger partial charge in [-0.2, -0.15) is 0 Å². The molecule has 0 spiro atoms. The van der Waals surface area contributed by atoms with Gasteiger partial charge in [0.25, 0.3) is 0 Å². The smallest absolute Gasteiger partial charge is 0.156 e. The molecular weight excluding hydrogens is 232 g/mol. The van der Waals surface area contributed by atoms with Crippen LogP contribution < -0.4 is 0 Å². The van der Waals surface area contributed by atoms with Gasteiger partial charge in [0.2, 0.25) is 0 Å². The topological polar surface area (TPSA) is 23.6 Å². The summed E-state index contributed by atoms with van der Waals surface area (Å²) in [5, 5.41) is 2.03. The van der Waals surface area contributed by atoms with Gasteiger partial charge in [-0.1, -0.05) is 6.07 Å². The molecule has 1 fully saturated rings. The van der Waals surface area contributed by atoms with Crippen molar-refractivity contribution in [1.29, 1.82) is 0 Å². The van der Waals surface area contributed by atoms with Gasteiger partial charge in [0.1, 0.15) is 0 Å². The van der Waals surface area contributed by atoms with Crippen molar-refractivity contribution in [2.24, 2.45) is 0 Å². The van der Waals surface area contributed by atoms with Gasteiger partial charge in [0.05, 0.1) is 6.04 Å². The van der Waals surface area contributed by atoms with Crippen molar-refractivity contribution in [3.8, 4) is 0 Å². The van der Waals surface area contributed by atoms with Crippen LogP contribution in [0.4, 0.5) is 0 Å². The minimum Gasteiger partial charge on any atom is -0.304 e. The van der Waals surface area contributed by atoms with Crippen LogP contribution in [0, 0.1) is 0 Å². The zero-order valence-corrected chi connectivity index (χ0v) is 11.4. The molecule has 4 heteroatoms. The summed E-state index contributed by atoms with van der Waals surface area (Å²) in [4.78, 5) is 18.0. The molecule has 1 aliphatic rings. The lowest BCUT2D eigenvalue weighted by atomic mass is 10.1. The predicted octanol–water partition coefficient (Wildman–Crippen LogP) is 1.50. The highest BCUT2D eigenvalue weighted by molar-refractivity contribution is 7.10. The maximum absolute atomic E-state index is 12.3. The Hall–Kier alpha value is -0.710.